The lowest BCUT2D eigenvalue weighted by Crippen LogP contribution is -2.42. The van der Waals surface area contributed by atoms with Gasteiger partial charge in [-0.2, -0.15) is 0 Å². The first-order valence-corrected chi connectivity index (χ1v) is 50.5. The number of aromatic nitrogens is 3. The Balaban J connectivity index is 0.000000238. The van der Waals surface area contributed by atoms with E-state index in [0.29, 0.717) is 28.4 Å². The van der Waals surface area contributed by atoms with Crippen molar-refractivity contribution in [3.8, 4) is 17.1 Å². The van der Waals surface area contributed by atoms with Crippen molar-refractivity contribution in [2.45, 2.75) is 318 Å². The first-order chi connectivity index (χ1) is 58.6. The molecule has 5 saturated heterocycles. The summed E-state index contributed by atoms with van der Waals surface area (Å²) in [7, 11) is 8.06. The fourth-order valence-corrected chi connectivity index (χ4v) is 18.8. The summed E-state index contributed by atoms with van der Waals surface area (Å²) in [5, 5.41) is 0. The third-order valence-electron chi connectivity index (χ3n) is 26.8. The Morgan fingerprint density at radius 3 is 1.20 bits per heavy atom. The summed E-state index contributed by atoms with van der Waals surface area (Å²) in [4.78, 5) is 31.0. The molecule has 17 aliphatic rings. The molecule has 2 aromatic carbocycles. The number of methoxy groups -OCH3 is 1. The Hall–Kier alpha value is -4.88. The second-order valence-corrected chi connectivity index (χ2v) is 44.5. The zero-order chi connectivity index (χ0) is 91.6. The number of hydrogen-bond acceptors (Lipinski definition) is 15. The second kappa shape index (κ2) is 57.3. The molecule has 0 unspecified atom stereocenters. The van der Waals surface area contributed by atoms with Gasteiger partial charge in [-0.05, 0) is 342 Å². The molecule has 11 fully saturated rings. The van der Waals surface area contributed by atoms with E-state index in [1.54, 1.807) is 12.1 Å². The van der Waals surface area contributed by atoms with Crippen LogP contribution in [0.1, 0.15) is 294 Å². The molecule has 0 atom stereocenters. The highest BCUT2D eigenvalue weighted by Crippen LogP contribution is 2.56. The van der Waals surface area contributed by atoms with Crippen LogP contribution in [0.5, 0.6) is 5.75 Å². The number of piperazine rings is 1. The molecule has 16 heteroatoms. The van der Waals surface area contributed by atoms with E-state index in [2.05, 4.69) is 248 Å². The van der Waals surface area contributed by atoms with E-state index in [-0.39, 0.29) is 18.8 Å². The summed E-state index contributed by atoms with van der Waals surface area (Å²) in [6.45, 7) is 63.6. The maximum atomic E-state index is 11.1. The van der Waals surface area contributed by atoms with Crippen LogP contribution in [0.25, 0.3) is 22.5 Å². The Bertz CT molecular complexity index is 3590. The van der Waals surface area contributed by atoms with E-state index < -0.39 is 0 Å². The van der Waals surface area contributed by atoms with Crippen LogP contribution in [0.2, 0.25) is 6.82 Å². The predicted octanol–water partition coefficient (Wildman–Crippen LogP) is 28.2. The second-order valence-electron chi connectivity index (χ2n) is 41.5. The number of fused-ring (bicyclic) bond motifs is 7. The third kappa shape index (κ3) is 46.6. The standard InChI is InChI=1S/C10H10N2.C10H18.C10H16.C9H9NO.C9H10O2.C8H16.2C8H12.C7H15N.C6H14N2.C6H12O2.C6H12S2.C6H12.C5H11BO2/c1-7-3-5-9-10(6-4-7)12-8(2)11-9;2*1-9-3-6-10(2,7-4-9)8-5-9;1-6-3-4-8-9(5-6)11-7(2)10-8;1-7-3-5-8(10)9(11-2)6-4-7;5*1-7-3-5-8(2)6-4-7;2*1-5-3-7-6(2)8-4-5;1-5-3-6(2)4-5;1-5-3-7-6(2)8-4-5/h3-6H,1-2H3;3-8H2,1-2H3;3,6H,4-5,7-8H2,1-2H3;3-5H,1-2H3;3-6H,1-2H3;7-8H,3-6H2,1-2H3;3,6H,4-5H2,1-2H3;3,5H,4,6H2,1-2H3;7H,3-6H2,1-2H3;3-6H2,1-2H3;2*5-6H,3-4H2,1-2H3;5-6H,3-4H2,1-2H3;5H,3-4H2,1-2H3. The van der Waals surface area contributed by atoms with Crippen LogP contribution < -0.4 is 10.2 Å². The molecule has 6 saturated carbocycles. The van der Waals surface area contributed by atoms with Crippen molar-refractivity contribution in [3.05, 3.63) is 164 Å². The molecule has 124 heavy (non-hydrogen) atoms. The minimum Gasteiger partial charge on any atom is -0.493 e. The van der Waals surface area contributed by atoms with E-state index in [9.17, 15) is 4.79 Å². The number of thioether (sulfide) groups is 2. The smallest absolute Gasteiger partial charge is 0.453 e. The van der Waals surface area contributed by atoms with Gasteiger partial charge in [0.25, 0.3) is 0 Å². The number of benzene rings is 1. The topological polar surface area (TPSA) is 125 Å². The summed E-state index contributed by atoms with van der Waals surface area (Å²) in [5.74, 6) is 11.9. The van der Waals surface area contributed by atoms with Gasteiger partial charge < -0.3 is 42.6 Å². The van der Waals surface area contributed by atoms with Gasteiger partial charge >= 0.3 is 7.12 Å². The fraction of sp³-hybridized carbons (Fsp3) is 0.704. The van der Waals surface area contributed by atoms with Crippen molar-refractivity contribution in [2.75, 3.05) is 105 Å². The molecule has 7 heterocycles. The number of hydrogen-bond donors (Lipinski definition) is 0. The molecule has 13 nitrogen and oxygen atoms in total. The molecule has 3 aromatic rings. The van der Waals surface area contributed by atoms with Crippen molar-refractivity contribution in [2.24, 2.45) is 69.0 Å². The van der Waals surface area contributed by atoms with Crippen molar-refractivity contribution in [1.82, 2.24) is 29.7 Å². The number of piperidine rings is 1. The number of allylic oxidation sites excluding steroid dienone is 10. The summed E-state index contributed by atoms with van der Waals surface area (Å²) < 4.78 is 31.7. The summed E-state index contributed by atoms with van der Waals surface area (Å²) in [6.07, 6.45) is 45.1. The molecule has 0 amide bonds. The lowest BCUT2D eigenvalue weighted by Gasteiger charge is -2.50. The molecule has 0 N–H and O–H groups in total. The zero-order valence-electron chi connectivity index (χ0n) is 84.1. The highest BCUT2D eigenvalue weighted by atomic mass is 32.2. The third-order valence-corrected chi connectivity index (χ3v) is 30.1. The average molecular weight is 1750 g/mol. The number of likely N-dealkylation sites (N-methyl/N-ethyl adjacent to an activating group) is 2. The monoisotopic (exact) mass is 1750 g/mol. The molecule has 0 radical (unpaired) electrons. The summed E-state index contributed by atoms with van der Waals surface area (Å²) >= 11 is 4.18. The molecule has 4 bridgehead atoms. The minimum atomic E-state index is -0.0828. The van der Waals surface area contributed by atoms with Gasteiger partial charge in [0.05, 0.1) is 31.7 Å². The first kappa shape index (κ1) is 110. The van der Waals surface area contributed by atoms with Crippen LogP contribution in [-0.4, -0.2) is 153 Å². The maximum Gasteiger partial charge on any atom is 0.453 e. The number of oxazole rings is 1. The van der Waals surface area contributed by atoms with Gasteiger partial charge in [0, 0.05) is 56.8 Å². The van der Waals surface area contributed by atoms with Crippen molar-refractivity contribution >= 4 is 41.7 Å². The molecule has 11 aliphatic carbocycles. The van der Waals surface area contributed by atoms with Gasteiger partial charge in [-0.15, -0.1) is 23.5 Å². The Kier molecular flexibility index (Phi) is 50.7. The first-order valence-electron chi connectivity index (χ1n) is 48.4. The largest absolute Gasteiger partial charge is 0.493 e. The molecular weight excluding hydrogens is 1570 g/mol. The number of likely N-dealkylation sites (tertiary alicyclic amines) is 1. The molecule has 698 valence electrons. The Morgan fingerprint density at radius 2 is 0.839 bits per heavy atom. The van der Waals surface area contributed by atoms with Crippen molar-refractivity contribution in [3.63, 3.8) is 0 Å². The van der Waals surface area contributed by atoms with Gasteiger partial charge in [-0.25, -0.2) is 15.0 Å². The summed E-state index contributed by atoms with van der Waals surface area (Å²) in [5.41, 5.74) is 15.9. The Labute approximate surface area is 768 Å². The van der Waals surface area contributed by atoms with Gasteiger partial charge in [-0.3, -0.25) is 4.79 Å². The van der Waals surface area contributed by atoms with Gasteiger partial charge in [0.2, 0.25) is 5.43 Å². The minimum absolute atomic E-state index is 0.0196. The molecule has 6 aliphatic heterocycles. The molecule has 20 rings (SSSR count). The SMILES string of the molecule is CB1OCC(C)CO1.CC12C=CC(C)(CC1)CC2.CC12CCC(C)(CC1)CC2.CC1=CC=C(C)CC1.CC1=CCC(C)=CC1.CC1CC(C)C1.CC1CCC(C)CC1.CC1CCN(C)CC1.CC1COC(C)OC1.CC1CSC(C)SC1.CN1CCN(C)CC1.COc1ccc(C)ccc1=O.Cc1ccc2nc(C)nc-2cc1.Cc1ccc2nc(C)oc2c1. The number of imidazole rings is 1. The van der Waals surface area contributed by atoms with Crippen LogP contribution >= 0.6 is 23.5 Å². The van der Waals surface area contributed by atoms with Gasteiger partial charge in [-0.1, -0.05) is 209 Å². The highest BCUT2D eigenvalue weighted by Gasteiger charge is 2.43. The van der Waals surface area contributed by atoms with Crippen LogP contribution in [0.3, 0.4) is 0 Å². The highest BCUT2D eigenvalue weighted by molar-refractivity contribution is 8.17. The Morgan fingerprint density at radius 1 is 0.444 bits per heavy atom. The predicted molar refractivity (Wildman–Crippen MR) is 539 cm³/mol. The van der Waals surface area contributed by atoms with E-state index >= 15 is 0 Å². The number of ether oxygens (including phenoxy) is 3. The zero-order valence-corrected chi connectivity index (χ0v) is 85.7. The van der Waals surface area contributed by atoms with Crippen molar-refractivity contribution < 1.29 is 27.9 Å². The maximum absolute atomic E-state index is 11.1. The van der Waals surface area contributed by atoms with Crippen molar-refractivity contribution in [1.29, 1.82) is 0 Å². The molecule has 1 aromatic heterocycles. The van der Waals surface area contributed by atoms with E-state index in [1.807, 2.05) is 77.8 Å². The molecular formula is C108H179BN6O7S2. The van der Waals surface area contributed by atoms with Gasteiger partial charge in [0.1, 0.15) is 11.3 Å². The average Bonchev–Trinajstić information content (AvgIpc) is 0.954. The molecule has 0 spiro atoms. The summed E-state index contributed by atoms with van der Waals surface area (Å²) in [6, 6.07) is 20.9. The quantitative estimate of drug-likeness (QED) is 0.117. The number of rotatable bonds is 1. The van der Waals surface area contributed by atoms with Crippen LogP contribution in [0, 0.1) is 104 Å². The van der Waals surface area contributed by atoms with Gasteiger partial charge in [0.15, 0.2) is 23.5 Å². The number of nitrogens with zero attached hydrogens (tertiary/aromatic N) is 6. The normalized spacial score (nSPS) is 28.6. The lowest BCUT2D eigenvalue weighted by molar-refractivity contribution is -0.187. The van der Waals surface area contributed by atoms with Crippen LogP contribution in [0.4, 0.5) is 0 Å². The van der Waals surface area contributed by atoms with E-state index in [1.165, 1.54) is 239 Å². The van der Waals surface area contributed by atoms with Crippen LogP contribution in [0.15, 0.2) is 135 Å². The number of aryl methyl sites for hydroxylation is 5. The lowest BCUT2D eigenvalue weighted by atomic mass is 9.55. The van der Waals surface area contributed by atoms with E-state index in [0.717, 1.165) is 117 Å². The van der Waals surface area contributed by atoms with E-state index in [4.69, 9.17) is 27.9 Å². The fourth-order valence-electron chi connectivity index (χ4n) is 16.4. The van der Waals surface area contributed by atoms with Crippen LogP contribution in [-0.2, 0) is 18.8 Å².